The standard InChI is InChI=1S/C16H21NO7S2/c1-5-23-15(20)12-9(3)13(16(21)24-6-2)26-14(12)17-10(18)7-25-8-11(19)22-4/h5-8H2,1-4H3,(H,17,18). The molecule has 0 aliphatic heterocycles. The van der Waals surface area contributed by atoms with Crippen molar-refractivity contribution in [2.45, 2.75) is 20.8 Å². The number of methoxy groups -OCH3 is 1. The molecule has 10 heteroatoms. The molecule has 0 saturated heterocycles. The molecule has 0 radical (unpaired) electrons. The van der Waals surface area contributed by atoms with Crippen molar-refractivity contribution in [2.24, 2.45) is 0 Å². The van der Waals surface area contributed by atoms with E-state index >= 15 is 0 Å². The molecule has 144 valence electrons. The number of thiophene rings is 1. The summed E-state index contributed by atoms with van der Waals surface area (Å²) in [4.78, 5) is 47.6. The molecule has 0 aliphatic carbocycles. The Balaban J connectivity index is 2.98. The molecule has 0 unspecified atom stereocenters. The van der Waals surface area contributed by atoms with Gasteiger partial charge in [-0.25, -0.2) is 9.59 Å². The van der Waals surface area contributed by atoms with E-state index < -0.39 is 23.8 Å². The maximum atomic E-state index is 12.2. The molecule has 0 fully saturated rings. The van der Waals surface area contributed by atoms with E-state index in [1.807, 2.05) is 0 Å². The lowest BCUT2D eigenvalue weighted by Gasteiger charge is -2.07. The highest BCUT2D eigenvalue weighted by Gasteiger charge is 2.27. The molecule has 1 aromatic heterocycles. The fourth-order valence-electron chi connectivity index (χ4n) is 1.89. The molecule has 0 spiro atoms. The van der Waals surface area contributed by atoms with Gasteiger partial charge in [0.1, 0.15) is 9.88 Å². The van der Waals surface area contributed by atoms with Gasteiger partial charge < -0.3 is 19.5 Å². The average molecular weight is 403 g/mol. The van der Waals surface area contributed by atoms with Crippen LogP contribution in [0.1, 0.15) is 39.4 Å². The van der Waals surface area contributed by atoms with Gasteiger partial charge in [0.25, 0.3) is 0 Å². The highest BCUT2D eigenvalue weighted by atomic mass is 32.2. The minimum absolute atomic E-state index is 0.0109. The number of anilines is 1. The molecular weight excluding hydrogens is 382 g/mol. The van der Waals surface area contributed by atoms with Crippen molar-refractivity contribution in [1.82, 2.24) is 0 Å². The summed E-state index contributed by atoms with van der Waals surface area (Å²) < 4.78 is 14.5. The number of esters is 3. The molecule has 1 amide bonds. The van der Waals surface area contributed by atoms with Crippen LogP contribution in [0.3, 0.4) is 0 Å². The van der Waals surface area contributed by atoms with E-state index in [-0.39, 0.29) is 40.2 Å². The average Bonchev–Trinajstić information content (AvgIpc) is 2.91. The van der Waals surface area contributed by atoms with Crippen molar-refractivity contribution in [2.75, 3.05) is 37.1 Å². The molecule has 8 nitrogen and oxygen atoms in total. The molecule has 1 rings (SSSR count). The highest BCUT2D eigenvalue weighted by Crippen LogP contribution is 2.34. The van der Waals surface area contributed by atoms with Gasteiger partial charge in [0.15, 0.2) is 0 Å². The molecule has 0 bridgehead atoms. The minimum Gasteiger partial charge on any atom is -0.468 e. The van der Waals surface area contributed by atoms with Gasteiger partial charge in [-0.05, 0) is 26.3 Å². The summed E-state index contributed by atoms with van der Waals surface area (Å²) in [5.41, 5.74) is 0.524. The molecule has 0 aliphatic rings. The number of carbonyl (C=O) groups excluding carboxylic acids is 4. The first-order valence-corrected chi connectivity index (χ1v) is 9.74. The molecule has 1 N–H and O–H groups in total. The highest BCUT2D eigenvalue weighted by molar-refractivity contribution is 8.00. The van der Waals surface area contributed by atoms with E-state index in [1.54, 1.807) is 20.8 Å². The van der Waals surface area contributed by atoms with Gasteiger partial charge in [-0.15, -0.1) is 23.1 Å². The minimum atomic E-state index is -0.630. The molecule has 0 saturated carbocycles. The Kier molecular flexibility index (Phi) is 9.14. The van der Waals surface area contributed by atoms with Crippen molar-refractivity contribution in [3.8, 4) is 0 Å². The third kappa shape index (κ3) is 6.03. The first-order valence-electron chi connectivity index (χ1n) is 7.77. The lowest BCUT2D eigenvalue weighted by atomic mass is 10.1. The van der Waals surface area contributed by atoms with Crippen LogP contribution < -0.4 is 5.32 Å². The van der Waals surface area contributed by atoms with Crippen molar-refractivity contribution in [3.63, 3.8) is 0 Å². The third-order valence-electron chi connectivity index (χ3n) is 3.02. The Morgan fingerprint density at radius 2 is 1.65 bits per heavy atom. The van der Waals surface area contributed by atoms with Crippen LogP contribution in [0.2, 0.25) is 0 Å². The van der Waals surface area contributed by atoms with E-state index in [2.05, 4.69) is 10.1 Å². The smallest absolute Gasteiger partial charge is 0.348 e. The Labute approximate surface area is 159 Å². The van der Waals surface area contributed by atoms with Crippen LogP contribution in [0.15, 0.2) is 0 Å². The van der Waals surface area contributed by atoms with Crippen LogP contribution >= 0.6 is 23.1 Å². The fraction of sp³-hybridized carbons (Fsp3) is 0.500. The monoisotopic (exact) mass is 403 g/mol. The van der Waals surface area contributed by atoms with E-state index in [0.29, 0.717) is 5.56 Å². The zero-order chi connectivity index (χ0) is 19.7. The number of rotatable bonds is 9. The molecule has 1 aromatic rings. The van der Waals surface area contributed by atoms with Crippen LogP contribution in [0.25, 0.3) is 0 Å². The van der Waals surface area contributed by atoms with Gasteiger partial charge in [-0.3, -0.25) is 9.59 Å². The van der Waals surface area contributed by atoms with Gasteiger partial charge in [0.2, 0.25) is 5.91 Å². The number of carbonyl (C=O) groups is 4. The zero-order valence-electron chi connectivity index (χ0n) is 15.0. The number of amides is 1. The quantitative estimate of drug-likeness (QED) is 0.494. The van der Waals surface area contributed by atoms with E-state index in [0.717, 1.165) is 23.1 Å². The van der Waals surface area contributed by atoms with Gasteiger partial charge in [0, 0.05) is 0 Å². The Morgan fingerprint density at radius 3 is 2.23 bits per heavy atom. The summed E-state index contributed by atoms with van der Waals surface area (Å²) in [6.45, 7) is 5.28. The second kappa shape index (κ2) is 10.8. The largest absolute Gasteiger partial charge is 0.468 e. The lowest BCUT2D eigenvalue weighted by Crippen LogP contribution is -2.17. The second-order valence-electron chi connectivity index (χ2n) is 4.82. The van der Waals surface area contributed by atoms with E-state index in [4.69, 9.17) is 9.47 Å². The van der Waals surface area contributed by atoms with Crippen molar-refractivity contribution < 1.29 is 33.4 Å². The number of nitrogens with one attached hydrogen (secondary N) is 1. The van der Waals surface area contributed by atoms with Crippen molar-refractivity contribution in [3.05, 3.63) is 16.0 Å². The van der Waals surface area contributed by atoms with E-state index in [1.165, 1.54) is 7.11 Å². The number of hydrogen-bond donors (Lipinski definition) is 1. The molecule has 1 heterocycles. The van der Waals surface area contributed by atoms with Crippen LogP contribution in [0.4, 0.5) is 5.00 Å². The fourth-order valence-corrected chi connectivity index (χ4v) is 3.64. The Hall–Kier alpha value is -2.07. The van der Waals surface area contributed by atoms with Gasteiger partial charge in [-0.1, -0.05) is 0 Å². The molecule has 0 aromatic carbocycles. The van der Waals surface area contributed by atoms with Gasteiger partial charge >= 0.3 is 17.9 Å². The predicted octanol–water partition coefficient (Wildman–Crippen LogP) is 2.25. The summed E-state index contributed by atoms with van der Waals surface area (Å²) in [7, 11) is 1.26. The van der Waals surface area contributed by atoms with E-state index in [9.17, 15) is 19.2 Å². The first kappa shape index (κ1) is 22.0. The van der Waals surface area contributed by atoms with Crippen LogP contribution in [-0.2, 0) is 23.8 Å². The molecule has 0 atom stereocenters. The number of thioether (sulfide) groups is 1. The second-order valence-corrected chi connectivity index (χ2v) is 6.82. The SMILES string of the molecule is CCOC(=O)c1sc(NC(=O)CSCC(=O)OC)c(C(=O)OCC)c1C. The Bertz CT molecular complexity index is 684. The lowest BCUT2D eigenvalue weighted by molar-refractivity contribution is -0.137. The summed E-state index contributed by atoms with van der Waals surface area (Å²) in [5.74, 6) is -2.03. The first-order chi connectivity index (χ1) is 12.3. The maximum Gasteiger partial charge on any atom is 0.348 e. The van der Waals surface area contributed by atoms with Crippen molar-refractivity contribution in [1.29, 1.82) is 0 Å². The normalized spacial score (nSPS) is 10.2. The predicted molar refractivity (Wildman–Crippen MR) is 98.9 cm³/mol. The topological polar surface area (TPSA) is 108 Å². The van der Waals surface area contributed by atoms with Gasteiger partial charge in [0.05, 0.1) is 37.4 Å². The summed E-state index contributed by atoms with van der Waals surface area (Å²) in [5, 5.41) is 2.81. The molecule has 26 heavy (non-hydrogen) atoms. The summed E-state index contributed by atoms with van der Waals surface area (Å²) >= 11 is 2.03. The zero-order valence-corrected chi connectivity index (χ0v) is 16.6. The number of hydrogen-bond acceptors (Lipinski definition) is 9. The van der Waals surface area contributed by atoms with Gasteiger partial charge in [-0.2, -0.15) is 0 Å². The maximum absolute atomic E-state index is 12.2. The molecular formula is C16H21NO7S2. The summed E-state index contributed by atoms with van der Waals surface area (Å²) in [6, 6.07) is 0. The van der Waals surface area contributed by atoms with Crippen molar-refractivity contribution >= 4 is 51.9 Å². The van der Waals surface area contributed by atoms with Crippen LogP contribution in [0.5, 0.6) is 0 Å². The Morgan fingerprint density at radius 1 is 1.04 bits per heavy atom. The number of ether oxygens (including phenoxy) is 3. The van der Waals surface area contributed by atoms with Crippen LogP contribution in [0, 0.1) is 6.92 Å². The van der Waals surface area contributed by atoms with Crippen LogP contribution in [-0.4, -0.2) is 55.6 Å². The third-order valence-corrected chi connectivity index (χ3v) is 5.11. The summed E-state index contributed by atoms with van der Waals surface area (Å²) in [6.07, 6.45) is 0.